The Labute approximate surface area is 99.3 Å². The average molecular weight is 285 g/mol. The second-order valence-electron chi connectivity index (χ2n) is 3.19. The second kappa shape index (κ2) is 4.20. The zero-order valence-corrected chi connectivity index (χ0v) is 10.2. The number of nitrogens with zero attached hydrogens (tertiary/aromatic N) is 1. The van der Waals surface area contributed by atoms with Crippen molar-refractivity contribution in [1.29, 1.82) is 0 Å². The number of halogens is 1. The molecule has 0 aliphatic carbocycles. The maximum atomic E-state index is 11.7. The lowest BCUT2D eigenvalue weighted by atomic mass is 10.3. The van der Waals surface area contributed by atoms with E-state index in [0.717, 1.165) is 5.56 Å². The van der Waals surface area contributed by atoms with Crippen LogP contribution < -0.4 is 11.3 Å². The normalized spacial score (nSPS) is 10.5. The minimum atomic E-state index is -0.0598. The Kier molecular flexibility index (Phi) is 2.93. The minimum Gasteiger partial charge on any atom is -0.398 e. The van der Waals surface area contributed by atoms with E-state index in [9.17, 15) is 4.79 Å². The molecular formula is C10H9BrN2OS. The molecule has 2 aromatic heterocycles. The number of aromatic nitrogens is 1. The van der Waals surface area contributed by atoms with Gasteiger partial charge in [-0.3, -0.25) is 4.79 Å². The quantitative estimate of drug-likeness (QED) is 0.920. The SMILES string of the molecule is Nc1cc(Br)c(=O)n(Cc2ccsc2)c1. The number of thiophene rings is 1. The Bertz CT molecular complexity index is 519. The van der Waals surface area contributed by atoms with Crippen LogP contribution in [0.4, 0.5) is 5.69 Å². The fourth-order valence-corrected chi connectivity index (χ4v) is 2.47. The van der Waals surface area contributed by atoms with Gasteiger partial charge in [-0.2, -0.15) is 11.3 Å². The second-order valence-corrected chi connectivity index (χ2v) is 4.82. The maximum Gasteiger partial charge on any atom is 0.265 e. The van der Waals surface area contributed by atoms with Crippen molar-refractivity contribution < 1.29 is 0 Å². The van der Waals surface area contributed by atoms with E-state index in [1.165, 1.54) is 0 Å². The molecule has 0 saturated carbocycles. The summed E-state index contributed by atoms with van der Waals surface area (Å²) in [6.45, 7) is 0.561. The Morgan fingerprint density at radius 3 is 3.00 bits per heavy atom. The molecule has 78 valence electrons. The molecule has 0 unspecified atom stereocenters. The van der Waals surface area contributed by atoms with Crippen molar-refractivity contribution in [3.63, 3.8) is 0 Å². The largest absolute Gasteiger partial charge is 0.398 e. The number of hydrogen-bond donors (Lipinski definition) is 1. The van der Waals surface area contributed by atoms with Gasteiger partial charge >= 0.3 is 0 Å². The number of nitrogen functional groups attached to an aromatic ring is 1. The zero-order chi connectivity index (χ0) is 10.8. The van der Waals surface area contributed by atoms with Gasteiger partial charge in [0.15, 0.2) is 0 Å². The smallest absolute Gasteiger partial charge is 0.265 e. The van der Waals surface area contributed by atoms with Crippen molar-refractivity contribution in [2.75, 3.05) is 5.73 Å². The summed E-state index contributed by atoms with van der Waals surface area (Å²) >= 11 is 4.80. The Morgan fingerprint density at radius 2 is 2.33 bits per heavy atom. The van der Waals surface area contributed by atoms with Gasteiger partial charge in [-0.15, -0.1) is 0 Å². The fraction of sp³-hybridized carbons (Fsp3) is 0.100. The summed E-state index contributed by atoms with van der Waals surface area (Å²) < 4.78 is 2.10. The Balaban J connectivity index is 2.41. The summed E-state index contributed by atoms with van der Waals surface area (Å²) in [5.74, 6) is 0. The predicted molar refractivity (Wildman–Crippen MR) is 66.2 cm³/mol. The summed E-state index contributed by atoms with van der Waals surface area (Å²) in [6, 6.07) is 3.61. The average Bonchev–Trinajstić information content (AvgIpc) is 2.66. The van der Waals surface area contributed by atoms with Crippen LogP contribution in [0.2, 0.25) is 0 Å². The van der Waals surface area contributed by atoms with E-state index in [1.807, 2.05) is 16.8 Å². The van der Waals surface area contributed by atoms with E-state index in [0.29, 0.717) is 16.7 Å². The molecule has 15 heavy (non-hydrogen) atoms. The van der Waals surface area contributed by atoms with Crippen LogP contribution in [0.1, 0.15) is 5.56 Å². The van der Waals surface area contributed by atoms with E-state index in [1.54, 1.807) is 28.2 Å². The molecule has 0 aliphatic rings. The molecule has 0 fully saturated rings. The third-order valence-electron chi connectivity index (χ3n) is 2.00. The highest BCUT2D eigenvalue weighted by molar-refractivity contribution is 9.10. The van der Waals surface area contributed by atoms with Crippen LogP contribution in [0.15, 0.2) is 38.4 Å². The molecule has 2 N–H and O–H groups in total. The van der Waals surface area contributed by atoms with Crippen molar-refractivity contribution in [1.82, 2.24) is 4.57 Å². The van der Waals surface area contributed by atoms with Gasteiger partial charge in [-0.1, -0.05) is 0 Å². The summed E-state index contributed by atoms with van der Waals surface area (Å²) in [6.07, 6.45) is 1.66. The fourth-order valence-electron chi connectivity index (χ4n) is 1.32. The van der Waals surface area contributed by atoms with Gasteiger partial charge < -0.3 is 10.3 Å². The number of anilines is 1. The number of pyridine rings is 1. The van der Waals surface area contributed by atoms with Gasteiger partial charge in [0.05, 0.1) is 11.0 Å². The Morgan fingerprint density at radius 1 is 1.53 bits per heavy atom. The molecule has 0 atom stereocenters. The van der Waals surface area contributed by atoms with Crippen LogP contribution in [-0.4, -0.2) is 4.57 Å². The molecule has 2 rings (SSSR count). The molecule has 0 aromatic carbocycles. The van der Waals surface area contributed by atoms with Gasteiger partial charge in [-0.25, -0.2) is 0 Å². The van der Waals surface area contributed by atoms with E-state index in [-0.39, 0.29) is 5.56 Å². The summed E-state index contributed by atoms with van der Waals surface area (Å²) in [5, 5.41) is 4.01. The van der Waals surface area contributed by atoms with E-state index in [4.69, 9.17) is 5.73 Å². The maximum absolute atomic E-state index is 11.7. The van der Waals surface area contributed by atoms with Crippen molar-refractivity contribution in [2.24, 2.45) is 0 Å². The van der Waals surface area contributed by atoms with Crippen molar-refractivity contribution >= 4 is 33.0 Å². The lowest BCUT2D eigenvalue weighted by molar-refractivity contribution is 0.759. The molecule has 0 aliphatic heterocycles. The third-order valence-corrected chi connectivity index (χ3v) is 3.30. The highest BCUT2D eigenvalue weighted by Gasteiger charge is 2.03. The first-order valence-corrected chi connectivity index (χ1v) is 6.07. The first kappa shape index (κ1) is 10.4. The number of nitrogens with two attached hydrogens (primary N) is 1. The third kappa shape index (κ3) is 2.30. The molecular weight excluding hydrogens is 276 g/mol. The molecule has 3 nitrogen and oxygen atoms in total. The van der Waals surface area contributed by atoms with Crippen molar-refractivity contribution in [3.05, 3.63) is 49.5 Å². The highest BCUT2D eigenvalue weighted by Crippen LogP contribution is 2.11. The lowest BCUT2D eigenvalue weighted by Gasteiger charge is -2.05. The van der Waals surface area contributed by atoms with Crippen LogP contribution in [0.5, 0.6) is 0 Å². The predicted octanol–water partition coefficient (Wildman–Crippen LogP) is 2.30. The molecule has 0 bridgehead atoms. The van der Waals surface area contributed by atoms with Gasteiger partial charge in [0.2, 0.25) is 0 Å². The lowest BCUT2D eigenvalue weighted by Crippen LogP contribution is -2.21. The molecule has 2 aromatic rings. The molecule has 5 heteroatoms. The zero-order valence-electron chi connectivity index (χ0n) is 7.81. The first-order valence-electron chi connectivity index (χ1n) is 4.33. The van der Waals surface area contributed by atoms with Gasteiger partial charge in [0, 0.05) is 11.9 Å². The first-order chi connectivity index (χ1) is 7.16. The molecule has 0 spiro atoms. The number of hydrogen-bond acceptors (Lipinski definition) is 3. The van der Waals surface area contributed by atoms with Crippen LogP contribution in [0, 0.1) is 0 Å². The van der Waals surface area contributed by atoms with Crippen molar-refractivity contribution in [3.8, 4) is 0 Å². The van der Waals surface area contributed by atoms with E-state index < -0.39 is 0 Å². The summed E-state index contributed by atoms with van der Waals surface area (Å²) in [4.78, 5) is 11.7. The van der Waals surface area contributed by atoms with Crippen molar-refractivity contribution in [2.45, 2.75) is 6.54 Å². The van der Waals surface area contributed by atoms with Gasteiger partial charge in [0.25, 0.3) is 5.56 Å². The minimum absolute atomic E-state index is 0.0598. The molecule has 2 heterocycles. The van der Waals surface area contributed by atoms with Gasteiger partial charge in [-0.05, 0) is 44.4 Å². The topological polar surface area (TPSA) is 48.0 Å². The number of rotatable bonds is 2. The Hall–Kier alpha value is -1.07. The van der Waals surface area contributed by atoms with Gasteiger partial charge in [0.1, 0.15) is 0 Å². The van der Waals surface area contributed by atoms with Crippen LogP contribution in [0.3, 0.4) is 0 Å². The highest BCUT2D eigenvalue weighted by atomic mass is 79.9. The van der Waals surface area contributed by atoms with E-state index in [2.05, 4.69) is 15.9 Å². The van der Waals surface area contributed by atoms with E-state index >= 15 is 0 Å². The van der Waals surface area contributed by atoms with Crippen LogP contribution >= 0.6 is 27.3 Å². The monoisotopic (exact) mass is 284 g/mol. The molecule has 0 saturated heterocycles. The summed E-state index contributed by atoms with van der Waals surface area (Å²) in [5.41, 5.74) is 7.30. The van der Waals surface area contributed by atoms with Crippen LogP contribution in [-0.2, 0) is 6.54 Å². The molecule has 0 amide bonds. The standard InChI is InChI=1S/C10H9BrN2OS/c11-9-3-8(12)5-13(10(9)14)4-7-1-2-15-6-7/h1-3,5-6H,4,12H2. The van der Waals surface area contributed by atoms with Crippen LogP contribution in [0.25, 0.3) is 0 Å². The summed E-state index contributed by atoms with van der Waals surface area (Å²) in [7, 11) is 0. The molecule has 0 radical (unpaired) electrons.